The fraction of sp³-hybridized carbons (Fsp3) is 0.320. The van der Waals surface area contributed by atoms with Crippen molar-refractivity contribution in [2.24, 2.45) is 7.05 Å². The van der Waals surface area contributed by atoms with Crippen molar-refractivity contribution in [2.75, 3.05) is 0 Å². The second-order valence-electron chi connectivity index (χ2n) is 8.48. The van der Waals surface area contributed by atoms with E-state index < -0.39 is 0 Å². The molecular weight excluding hydrogens is 386 g/mol. The molecule has 0 saturated heterocycles. The van der Waals surface area contributed by atoms with Crippen LogP contribution in [0.2, 0.25) is 0 Å². The van der Waals surface area contributed by atoms with Gasteiger partial charge in [-0.05, 0) is 54.2 Å². The van der Waals surface area contributed by atoms with Crippen LogP contribution in [-0.2, 0) is 13.5 Å². The van der Waals surface area contributed by atoms with Gasteiger partial charge in [0.25, 0.3) is 5.91 Å². The Morgan fingerprint density at radius 1 is 1.10 bits per heavy atom. The zero-order valence-corrected chi connectivity index (χ0v) is 17.8. The van der Waals surface area contributed by atoms with Gasteiger partial charge >= 0.3 is 0 Å². The Morgan fingerprint density at radius 2 is 1.90 bits per heavy atom. The van der Waals surface area contributed by atoms with Crippen molar-refractivity contribution in [2.45, 2.75) is 44.6 Å². The van der Waals surface area contributed by atoms with Gasteiger partial charge in [0.05, 0.1) is 11.7 Å². The van der Waals surface area contributed by atoms with Crippen molar-refractivity contribution in [3.63, 3.8) is 0 Å². The summed E-state index contributed by atoms with van der Waals surface area (Å²) >= 11 is 0. The van der Waals surface area contributed by atoms with Crippen LogP contribution in [0.25, 0.3) is 16.6 Å². The van der Waals surface area contributed by atoms with Crippen LogP contribution in [0, 0.1) is 0 Å². The number of aryl methyl sites for hydroxylation is 1. The van der Waals surface area contributed by atoms with Crippen LogP contribution >= 0.6 is 0 Å². The fourth-order valence-corrected chi connectivity index (χ4v) is 4.46. The Hall–Kier alpha value is -3.41. The minimum atomic E-state index is -0.0734. The molecule has 0 bridgehead atoms. The van der Waals surface area contributed by atoms with Crippen molar-refractivity contribution in [3.05, 3.63) is 77.9 Å². The minimum Gasteiger partial charge on any atom is -0.348 e. The Kier molecular flexibility index (Phi) is 5.28. The molecule has 3 heterocycles. The molecule has 1 aromatic carbocycles. The number of amides is 1. The number of fused-ring (bicyclic) bond motifs is 1. The van der Waals surface area contributed by atoms with Crippen LogP contribution < -0.4 is 5.32 Å². The number of hydrogen-bond acceptors (Lipinski definition) is 3. The number of carbonyl (C=O) groups is 1. The van der Waals surface area contributed by atoms with Gasteiger partial charge in [0.2, 0.25) is 0 Å². The number of nitrogens with zero attached hydrogens (tertiary/aromatic N) is 4. The molecule has 0 atom stereocenters. The van der Waals surface area contributed by atoms with Gasteiger partial charge in [-0.3, -0.25) is 9.48 Å². The summed E-state index contributed by atoms with van der Waals surface area (Å²) in [5.74, 6) is -0.0734. The van der Waals surface area contributed by atoms with Crippen LogP contribution in [0.3, 0.4) is 0 Å². The third kappa shape index (κ3) is 4.24. The fourth-order valence-electron chi connectivity index (χ4n) is 4.46. The second-order valence-corrected chi connectivity index (χ2v) is 8.48. The van der Waals surface area contributed by atoms with E-state index in [-0.39, 0.29) is 11.9 Å². The monoisotopic (exact) mass is 413 g/mol. The number of carbonyl (C=O) groups excluding carboxylic acids is 1. The molecule has 1 N–H and O–H groups in total. The minimum absolute atomic E-state index is 0.0734. The molecule has 1 fully saturated rings. The summed E-state index contributed by atoms with van der Waals surface area (Å²) in [6.07, 6.45) is 12.3. The number of aromatic nitrogens is 4. The van der Waals surface area contributed by atoms with Gasteiger partial charge < -0.3 is 5.32 Å². The van der Waals surface area contributed by atoms with E-state index in [1.54, 1.807) is 0 Å². The maximum absolute atomic E-state index is 12.9. The molecule has 0 spiro atoms. The number of benzene rings is 1. The predicted molar refractivity (Wildman–Crippen MR) is 121 cm³/mol. The molecule has 1 amide bonds. The number of nitrogens with one attached hydrogen (secondary N) is 1. The molecule has 0 aliphatic heterocycles. The Balaban J connectivity index is 1.38. The first-order chi connectivity index (χ1) is 15.2. The Bertz CT molecular complexity index is 1200. The van der Waals surface area contributed by atoms with E-state index in [4.69, 9.17) is 0 Å². The molecule has 1 aliphatic carbocycles. The molecule has 5 rings (SSSR count). The van der Waals surface area contributed by atoms with E-state index >= 15 is 0 Å². The second kappa shape index (κ2) is 8.38. The molecular formula is C25H27N5O. The standard InChI is InChI=1S/C25H27N5O/c1-29-17-21(16-26-29)19-11-9-18(10-12-19)14-20-15-23(28-30-13-5-8-24(20)30)25(31)27-22-6-3-2-4-7-22/h5,8-13,15-17,22H,2-4,6-7,14H2,1H3,(H,27,31). The predicted octanol–water partition coefficient (Wildman–Crippen LogP) is 4.39. The first-order valence-electron chi connectivity index (χ1n) is 11.0. The quantitative estimate of drug-likeness (QED) is 0.528. The van der Waals surface area contributed by atoms with Gasteiger partial charge in [-0.25, -0.2) is 4.52 Å². The van der Waals surface area contributed by atoms with Gasteiger partial charge in [0, 0.05) is 31.0 Å². The van der Waals surface area contributed by atoms with E-state index in [9.17, 15) is 4.79 Å². The molecule has 6 heteroatoms. The molecule has 4 aromatic rings. The third-order valence-corrected chi connectivity index (χ3v) is 6.14. The van der Waals surface area contributed by atoms with E-state index in [1.165, 1.54) is 24.8 Å². The lowest BCUT2D eigenvalue weighted by Crippen LogP contribution is -2.36. The molecule has 1 saturated carbocycles. The van der Waals surface area contributed by atoms with Crippen molar-refractivity contribution in [3.8, 4) is 11.1 Å². The van der Waals surface area contributed by atoms with Crippen LogP contribution in [0.4, 0.5) is 0 Å². The number of hydrogen-bond donors (Lipinski definition) is 1. The lowest BCUT2D eigenvalue weighted by Gasteiger charge is -2.22. The summed E-state index contributed by atoms with van der Waals surface area (Å²) in [5, 5.41) is 12.0. The van der Waals surface area contributed by atoms with E-state index in [1.807, 2.05) is 47.0 Å². The summed E-state index contributed by atoms with van der Waals surface area (Å²) in [6.45, 7) is 0. The van der Waals surface area contributed by atoms with Crippen molar-refractivity contribution < 1.29 is 4.79 Å². The van der Waals surface area contributed by atoms with Crippen molar-refractivity contribution in [1.29, 1.82) is 0 Å². The maximum Gasteiger partial charge on any atom is 0.271 e. The molecule has 31 heavy (non-hydrogen) atoms. The van der Waals surface area contributed by atoms with Crippen LogP contribution in [0.15, 0.2) is 61.1 Å². The van der Waals surface area contributed by atoms with Crippen molar-refractivity contribution >= 4 is 11.4 Å². The van der Waals surface area contributed by atoms with Crippen LogP contribution in [-0.4, -0.2) is 31.3 Å². The highest BCUT2D eigenvalue weighted by molar-refractivity contribution is 5.93. The van der Waals surface area contributed by atoms with E-state index in [0.29, 0.717) is 5.69 Å². The molecule has 3 aromatic heterocycles. The summed E-state index contributed by atoms with van der Waals surface area (Å²) in [5.41, 5.74) is 6.06. The van der Waals surface area contributed by atoms with E-state index in [2.05, 4.69) is 45.8 Å². The van der Waals surface area contributed by atoms with E-state index in [0.717, 1.165) is 41.5 Å². The zero-order chi connectivity index (χ0) is 21.2. The molecule has 0 unspecified atom stereocenters. The highest BCUT2D eigenvalue weighted by atomic mass is 16.2. The summed E-state index contributed by atoms with van der Waals surface area (Å²) in [4.78, 5) is 12.9. The lowest BCUT2D eigenvalue weighted by molar-refractivity contribution is 0.0921. The highest BCUT2D eigenvalue weighted by Gasteiger charge is 2.19. The molecule has 6 nitrogen and oxygen atoms in total. The summed E-state index contributed by atoms with van der Waals surface area (Å²) in [6, 6.07) is 14.8. The zero-order valence-electron chi connectivity index (χ0n) is 17.8. The Morgan fingerprint density at radius 3 is 2.65 bits per heavy atom. The highest BCUT2D eigenvalue weighted by Crippen LogP contribution is 2.22. The lowest BCUT2D eigenvalue weighted by atomic mass is 9.95. The maximum atomic E-state index is 12.9. The average molecular weight is 414 g/mol. The smallest absolute Gasteiger partial charge is 0.271 e. The van der Waals surface area contributed by atoms with Gasteiger partial charge in [0.1, 0.15) is 5.69 Å². The first kappa shape index (κ1) is 19.5. The van der Waals surface area contributed by atoms with Crippen LogP contribution in [0.1, 0.15) is 53.7 Å². The SMILES string of the molecule is Cn1cc(-c2ccc(Cc3cc(C(=O)NC4CCCCC4)nn4cccc34)cc2)cn1. The van der Waals surface area contributed by atoms with Crippen molar-refractivity contribution in [1.82, 2.24) is 24.7 Å². The Labute approximate surface area is 181 Å². The molecule has 0 radical (unpaired) electrons. The van der Waals surface area contributed by atoms with Gasteiger partial charge in [-0.2, -0.15) is 10.2 Å². The summed E-state index contributed by atoms with van der Waals surface area (Å²) in [7, 11) is 1.92. The van der Waals surface area contributed by atoms with Crippen LogP contribution in [0.5, 0.6) is 0 Å². The van der Waals surface area contributed by atoms with Gasteiger partial charge in [-0.15, -0.1) is 0 Å². The average Bonchev–Trinajstić information content (AvgIpc) is 3.44. The molecule has 158 valence electrons. The third-order valence-electron chi connectivity index (χ3n) is 6.14. The number of rotatable bonds is 5. The normalized spacial score (nSPS) is 14.7. The molecule has 1 aliphatic rings. The van der Waals surface area contributed by atoms with Gasteiger partial charge in [-0.1, -0.05) is 43.5 Å². The topological polar surface area (TPSA) is 64.2 Å². The largest absolute Gasteiger partial charge is 0.348 e. The summed E-state index contributed by atoms with van der Waals surface area (Å²) < 4.78 is 3.62. The first-order valence-corrected chi connectivity index (χ1v) is 11.0. The van der Waals surface area contributed by atoms with Gasteiger partial charge in [0.15, 0.2) is 0 Å².